The molecule has 2 N–H and O–H groups in total. The van der Waals surface area contributed by atoms with Crippen molar-refractivity contribution in [3.8, 4) is 0 Å². The predicted molar refractivity (Wildman–Crippen MR) is 47.3 cm³/mol. The average molecular weight is 163 g/mol. The molecule has 0 aliphatic carbocycles. The smallest absolute Gasteiger partial charge is 0.0636 e. The molecule has 0 fully saturated rings. The van der Waals surface area contributed by atoms with Crippen LogP contribution in [0, 0.1) is 5.92 Å². The lowest BCUT2D eigenvalue weighted by molar-refractivity contribution is 0.188. The van der Waals surface area contributed by atoms with Crippen LogP contribution in [0.3, 0.4) is 0 Å². The Labute approximate surface area is 68.4 Å². The van der Waals surface area contributed by atoms with Crippen LogP contribution in [0.5, 0.6) is 0 Å². The number of rotatable bonds is 4. The van der Waals surface area contributed by atoms with E-state index >= 15 is 0 Å². The van der Waals surface area contributed by atoms with Gasteiger partial charge in [-0.2, -0.15) is 12.6 Å². The van der Waals surface area contributed by atoms with Gasteiger partial charge in [0.05, 0.1) is 11.5 Å². The van der Waals surface area contributed by atoms with Crippen molar-refractivity contribution in [2.24, 2.45) is 5.92 Å². The molecule has 0 amide bonds. The monoisotopic (exact) mass is 163 g/mol. The molecule has 0 aromatic heterocycles. The van der Waals surface area contributed by atoms with Crippen molar-refractivity contribution in [3.05, 3.63) is 0 Å². The highest BCUT2D eigenvalue weighted by Gasteiger charge is 2.06. The van der Waals surface area contributed by atoms with Crippen LogP contribution in [0.2, 0.25) is 0 Å². The maximum absolute atomic E-state index is 8.89. The van der Waals surface area contributed by atoms with Gasteiger partial charge in [0.1, 0.15) is 0 Å². The fourth-order valence-corrected chi connectivity index (χ4v) is 0.632. The molecule has 62 valence electrons. The highest BCUT2D eigenvalue weighted by molar-refractivity contribution is 7.80. The summed E-state index contributed by atoms with van der Waals surface area (Å²) in [6, 6.07) is 0. The molecule has 3 heteroatoms. The number of aliphatic hydroxyl groups excluding tert-OH is 1. The van der Waals surface area contributed by atoms with Crippen molar-refractivity contribution < 1.29 is 5.11 Å². The van der Waals surface area contributed by atoms with Crippen molar-refractivity contribution in [3.63, 3.8) is 0 Å². The zero-order valence-electron chi connectivity index (χ0n) is 6.83. The molecule has 0 aromatic rings. The summed E-state index contributed by atoms with van der Waals surface area (Å²) >= 11 is 4.28. The van der Waals surface area contributed by atoms with Gasteiger partial charge in [-0.1, -0.05) is 13.8 Å². The van der Waals surface area contributed by atoms with Gasteiger partial charge in [0.15, 0.2) is 0 Å². The molecule has 0 aromatic carbocycles. The second-order valence-electron chi connectivity index (χ2n) is 2.95. The van der Waals surface area contributed by atoms with Crippen molar-refractivity contribution in [1.82, 2.24) is 5.32 Å². The van der Waals surface area contributed by atoms with Gasteiger partial charge >= 0.3 is 0 Å². The molecular formula is C7H17NOS. The average Bonchev–Trinajstić information content (AvgIpc) is 1.82. The molecule has 0 rings (SSSR count). The fourth-order valence-electron chi connectivity index (χ4n) is 0.527. The molecule has 0 saturated carbocycles. The number of nitrogens with one attached hydrogen (secondary N) is 1. The summed E-state index contributed by atoms with van der Waals surface area (Å²) in [5, 5.41) is 12.2. The van der Waals surface area contributed by atoms with E-state index < -0.39 is 0 Å². The van der Waals surface area contributed by atoms with E-state index in [1.807, 2.05) is 0 Å². The van der Waals surface area contributed by atoms with E-state index in [2.05, 4.69) is 31.8 Å². The molecule has 0 aliphatic heterocycles. The van der Waals surface area contributed by atoms with Gasteiger partial charge in [-0.15, -0.1) is 0 Å². The first-order chi connectivity index (χ1) is 4.54. The second-order valence-corrected chi connectivity index (χ2v) is 3.50. The molecule has 2 atom stereocenters. The van der Waals surface area contributed by atoms with E-state index in [0.29, 0.717) is 12.5 Å². The summed E-state index contributed by atoms with van der Waals surface area (Å²) in [5.74, 6) is 0.502. The Morgan fingerprint density at radius 1 is 1.40 bits per heavy atom. The quantitative estimate of drug-likeness (QED) is 0.424. The Morgan fingerprint density at radius 2 is 1.90 bits per heavy atom. The lowest BCUT2D eigenvalue weighted by Gasteiger charge is -2.17. The van der Waals surface area contributed by atoms with Crippen LogP contribution in [0.1, 0.15) is 20.8 Å². The van der Waals surface area contributed by atoms with Gasteiger partial charge in [0, 0.05) is 6.54 Å². The van der Waals surface area contributed by atoms with Crippen LogP contribution < -0.4 is 5.32 Å². The maximum atomic E-state index is 8.89. The second kappa shape index (κ2) is 4.99. The first kappa shape index (κ1) is 10.3. The minimum Gasteiger partial charge on any atom is -0.392 e. The third-order valence-electron chi connectivity index (χ3n) is 1.25. The highest BCUT2D eigenvalue weighted by atomic mass is 32.1. The van der Waals surface area contributed by atoms with Crippen LogP contribution >= 0.6 is 12.6 Å². The minimum absolute atomic E-state index is 0.189. The Hall–Kier alpha value is 0.270. The van der Waals surface area contributed by atoms with Crippen LogP contribution in [-0.2, 0) is 0 Å². The molecule has 0 spiro atoms. The Morgan fingerprint density at radius 3 is 2.20 bits per heavy atom. The van der Waals surface area contributed by atoms with Gasteiger partial charge in [-0.3, -0.25) is 0 Å². The minimum atomic E-state index is -0.284. The molecule has 2 unspecified atom stereocenters. The summed E-state index contributed by atoms with van der Waals surface area (Å²) in [4.78, 5) is 0. The normalized spacial score (nSPS) is 17.4. The number of hydrogen-bond acceptors (Lipinski definition) is 3. The van der Waals surface area contributed by atoms with Gasteiger partial charge in [0.2, 0.25) is 0 Å². The Bertz CT molecular complexity index is 85.7. The largest absolute Gasteiger partial charge is 0.392 e. The molecular weight excluding hydrogens is 146 g/mol. The van der Waals surface area contributed by atoms with Crippen molar-refractivity contribution in [2.75, 3.05) is 6.54 Å². The SMILES string of the molecule is CC(O)CNC(S)C(C)C. The van der Waals surface area contributed by atoms with E-state index in [1.165, 1.54) is 0 Å². The standard InChI is InChI=1S/C7H17NOS/c1-5(2)7(10)8-4-6(3)9/h5-10H,4H2,1-3H3. The first-order valence-corrected chi connectivity index (χ1v) is 4.15. The van der Waals surface area contributed by atoms with E-state index in [1.54, 1.807) is 6.92 Å². The number of aliphatic hydroxyl groups is 1. The third-order valence-corrected chi connectivity index (χ3v) is 2.03. The summed E-state index contributed by atoms with van der Waals surface area (Å²) in [6.45, 7) is 6.56. The van der Waals surface area contributed by atoms with Gasteiger partial charge in [-0.25, -0.2) is 0 Å². The van der Waals surface area contributed by atoms with E-state index in [4.69, 9.17) is 5.11 Å². The lowest BCUT2D eigenvalue weighted by atomic mass is 10.2. The fraction of sp³-hybridized carbons (Fsp3) is 1.00. The summed E-state index contributed by atoms with van der Waals surface area (Å²) in [6.07, 6.45) is -0.284. The van der Waals surface area contributed by atoms with E-state index in [0.717, 1.165) is 0 Å². The van der Waals surface area contributed by atoms with Crippen LogP contribution in [0.15, 0.2) is 0 Å². The molecule has 0 heterocycles. The first-order valence-electron chi connectivity index (χ1n) is 3.63. The summed E-state index contributed by atoms with van der Waals surface area (Å²) < 4.78 is 0. The molecule has 0 aliphatic rings. The summed E-state index contributed by atoms with van der Waals surface area (Å²) in [7, 11) is 0. The van der Waals surface area contributed by atoms with E-state index in [9.17, 15) is 0 Å². The van der Waals surface area contributed by atoms with Crippen LogP contribution in [0.4, 0.5) is 0 Å². The number of hydrogen-bond donors (Lipinski definition) is 3. The predicted octanol–water partition coefficient (Wildman–Crippen LogP) is 0.869. The van der Waals surface area contributed by atoms with Crippen LogP contribution in [0.25, 0.3) is 0 Å². The van der Waals surface area contributed by atoms with Crippen molar-refractivity contribution in [2.45, 2.75) is 32.2 Å². The highest BCUT2D eigenvalue weighted by Crippen LogP contribution is 2.04. The molecule has 2 nitrogen and oxygen atoms in total. The van der Waals surface area contributed by atoms with Crippen molar-refractivity contribution >= 4 is 12.6 Å². The molecule has 10 heavy (non-hydrogen) atoms. The summed E-state index contributed by atoms with van der Waals surface area (Å²) in [5.41, 5.74) is 0. The molecule has 0 bridgehead atoms. The van der Waals surface area contributed by atoms with Gasteiger partial charge in [0.25, 0.3) is 0 Å². The zero-order valence-corrected chi connectivity index (χ0v) is 7.73. The van der Waals surface area contributed by atoms with Crippen molar-refractivity contribution in [1.29, 1.82) is 0 Å². The maximum Gasteiger partial charge on any atom is 0.0636 e. The zero-order chi connectivity index (χ0) is 8.15. The topological polar surface area (TPSA) is 32.3 Å². The van der Waals surface area contributed by atoms with Crippen LogP contribution in [-0.4, -0.2) is 23.1 Å². The Balaban J connectivity index is 3.30. The molecule has 0 radical (unpaired) electrons. The lowest BCUT2D eigenvalue weighted by Crippen LogP contribution is -2.34. The third kappa shape index (κ3) is 5.09. The molecule has 0 saturated heterocycles. The number of thiol groups is 1. The van der Waals surface area contributed by atoms with E-state index in [-0.39, 0.29) is 11.5 Å². The Kier molecular flexibility index (Phi) is 5.13. The van der Waals surface area contributed by atoms with Gasteiger partial charge in [-0.05, 0) is 12.8 Å². The van der Waals surface area contributed by atoms with Gasteiger partial charge < -0.3 is 10.4 Å².